The number of aryl methyl sites for hydroxylation is 1. The topological polar surface area (TPSA) is 58.6 Å². The molecule has 0 bridgehead atoms. The molecule has 1 aromatic heterocycles. The number of hydrogen-bond donors (Lipinski definition) is 1. The molecule has 8 heteroatoms. The van der Waals surface area contributed by atoms with Gasteiger partial charge >= 0.3 is 0 Å². The van der Waals surface area contributed by atoms with E-state index in [0.29, 0.717) is 17.2 Å². The van der Waals surface area contributed by atoms with E-state index >= 15 is 0 Å². The van der Waals surface area contributed by atoms with E-state index < -0.39 is 11.8 Å². The molecule has 1 saturated heterocycles. The lowest BCUT2D eigenvalue weighted by molar-refractivity contribution is -0.122. The molecule has 150 valence electrons. The van der Waals surface area contributed by atoms with E-state index in [4.69, 9.17) is 17.0 Å². The zero-order valence-corrected chi connectivity index (χ0v) is 18.9. The lowest BCUT2D eigenvalue weighted by atomic mass is 10.1. The summed E-state index contributed by atoms with van der Waals surface area (Å²) in [7, 11) is 0. The molecule has 1 fully saturated rings. The van der Waals surface area contributed by atoms with Crippen molar-refractivity contribution in [1.29, 1.82) is 0 Å². The molecule has 0 aliphatic carbocycles. The van der Waals surface area contributed by atoms with Crippen LogP contribution in [0, 0.1) is 6.92 Å². The van der Waals surface area contributed by atoms with Crippen molar-refractivity contribution >= 4 is 68.2 Å². The molecule has 2 amide bonds. The van der Waals surface area contributed by atoms with Crippen molar-refractivity contribution in [3.63, 3.8) is 0 Å². The first-order valence-corrected chi connectivity index (χ1v) is 10.9. The van der Waals surface area contributed by atoms with Gasteiger partial charge in [0.25, 0.3) is 11.8 Å². The summed E-state index contributed by atoms with van der Waals surface area (Å²) in [4.78, 5) is 28.7. The van der Waals surface area contributed by atoms with Crippen LogP contribution in [0.25, 0.3) is 6.08 Å². The maximum Gasteiger partial charge on any atom is 0.270 e. The average molecular weight is 499 g/mol. The molecule has 1 aliphatic heterocycles. The van der Waals surface area contributed by atoms with Gasteiger partial charge in [-0.15, -0.1) is 11.3 Å². The van der Waals surface area contributed by atoms with Gasteiger partial charge in [0.2, 0.25) is 0 Å². The van der Waals surface area contributed by atoms with Crippen LogP contribution in [0.3, 0.4) is 0 Å². The van der Waals surface area contributed by atoms with Crippen LogP contribution in [-0.2, 0) is 9.59 Å². The number of amides is 2. The fraction of sp³-hybridized carbons (Fsp3) is 0.0455. The Morgan fingerprint density at radius 1 is 1.07 bits per heavy atom. The largest absolute Gasteiger partial charge is 0.457 e. The third-order valence-electron chi connectivity index (χ3n) is 4.29. The number of nitrogens with zero attached hydrogens (tertiary/aromatic N) is 1. The van der Waals surface area contributed by atoms with E-state index in [9.17, 15) is 9.59 Å². The SMILES string of the molecule is Cc1cc(Br)c(/C=C2\C(=O)NC(=S)N(c3ccc(Oc4ccccc4)cc3)C2=O)s1. The molecule has 2 aromatic carbocycles. The number of hydrogen-bond acceptors (Lipinski definition) is 5. The predicted octanol–water partition coefficient (Wildman–Crippen LogP) is 5.44. The summed E-state index contributed by atoms with van der Waals surface area (Å²) in [6, 6.07) is 18.3. The van der Waals surface area contributed by atoms with Gasteiger partial charge in [-0.25, -0.2) is 0 Å². The first-order chi connectivity index (χ1) is 14.4. The van der Waals surface area contributed by atoms with E-state index in [1.54, 1.807) is 30.3 Å². The molecule has 1 N–H and O–H groups in total. The van der Waals surface area contributed by atoms with Crippen molar-refractivity contribution in [2.24, 2.45) is 0 Å². The molecule has 4 rings (SSSR count). The maximum atomic E-state index is 13.1. The van der Waals surface area contributed by atoms with E-state index in [1.807, 2.05) is 43.3 Å². The summed E-state index contributed by atoms with van der Waals surface area (Å²) in [6.45, 7) is 1.96. The van der Waals surface area contributed by atoms with Gasteiger partial charge in [0.15, 0.2) is 5.11 Å². The highest BCUT2D eigenvalue weighted by atomic mass is 79.9. The van der Waals surface area contributed by atoms with E-state index in [-0.39, 0.29) is 10.7 Å². The van der Waals surface area contributed by atoms with Crippen molar-refractivity contribution < 1.29 is 14.3 Å². The summed E-state index contributed by atoms with van der Waals surface area (Å²) in [5, 5.41) is 2.64. The number of thiophene rings is 1. The molecule has 3 aromatic rings. The van der Waals surface area contributed by atoms with Crippen molar-refractivity contribution in [3.05, 3.63) is 80.5 Å². The second kappa shape index (κ2) is 8.51. The highest BCUT2D eigenvalue weighted by Gasteiger charge is 2.34. The van der Waals surface area contributed by atoms with Crippen LogP contribution in [0.2, 0.25) is 0 Å². The zero-order chi connectivity index (χ0) is 21.3. The van der Waals surface area contributed by atoms with Crippen LogP contribution < -0.4 is 15.0 Å². The number of carbonyl (C=O) groups is 2. The molecule has 5 nitrogen and oxygen atoms in total. The Morgan fingerprint density at radius 3 is 2.37 bits per heavy atom. The minimum Gasteiger partial charge on any atom is -0.457 e. The minimum absolute atomic E-state index is 0.0239. The highest BCUT2D eigenvalue weighted by Crippen LogP contribution is 2.31. The smallest absolute Gasteiger partial charge is 0.270 e. The van der Waals surface area contributed by atoms with Crippen molar-refractivity contribution in [2.75, 3.05) is 4.90 Å². The van der Waals surface area contributed by atoms with E-state index in [1.165, 1.54) is 16.2 Å². The van der Waals surface area contributed by atoms with Crippen molar-refractivity contribution in [2.45, 2.75) is 6.92 Å². The monoisotopic (exact) mass is 498 g/mol. The van der Waals surface area contributed by atoms with Gasteiger partial charge in [-0.1, -0.05) is 18.2 Å². The Balaban J connectivity index is 1.61. The lowest BCUT2D eigenvalue weighted by Gasteiger charge is -2.29. The second-order valence-corrected chi connectivity index (χ2v) is 8.97. The van der Waals surface area contributed by atoms with Crippen LogP contribution in [-0.4, -0.2) is 16.9 Å². The number of halogens is 1. The van der Waals surface area contributed by atoms with Crippen LogP contribution in [0.1, 0.15) is 9.75 Å². The van der Waals surface area contributed by atoms with Crippen LogP contribution in [0.4, 0.5) is 5.69 Å². The van der Waals surface area contributed by atoms with Gasteiger partial charge in [0, 0.05) is 14.2 Å². The molecule has 0 saturated carbocycles. The summed E-state index contributed by atoms with van der Waals surface area (Å²) in [6.07, 6.45) is 1.58. The van der Waals surface area contributed by atoms with Crippen LogP contribution in [0.5, 0.6) is 11.5 Å². The van der Waals surface area contributed by atoms with Crippen LogP contribution >= 0.6 is 39.5 Å². The number of thiocarbonyl (C=S) groups is 1. The number of carbonyl (C=O) groups excluding carboxylic acids is 2. The van der Waals surface area contributed by atoms with Gasteiger partial charge in [-0.05, 0) is 83.6 Å². The molecule has 30 heavy (non-hydrogen) atoms. The molecule has 0 atom stereocenters. The summed E-state index contributed by atoms with van der Waals surface area (Å²) in [5.74, 6) is 0.351. The average Bonchev–Trinajstić information content (AvgIpc) is 3.04. The van der Waals surface area contributed by atoms with E-state index in [0.717, 1.165) is 14.2 Å². The van der Waals surface area contributed by atoms with Gasteiger partial charge in [-0.2, -0.15) is 0 Å². The summed E-state index contributed by atoms with van der Waals surface area (Å²) >= 11 is 10.2. The Labute approximate surface area is 191 Å². The van der Waals surface area contributed by atoms with Crippen molar-refractivity contribution in [1.82, 2.24) is 5.32 Å². The first-order valence-electron chi connectivity index (χ1n) is 8.93. The Morgan fingerprint density at radius 2 is 1.73 bits per heavy atom. The first kappa shape index (κ1) is 20.5. The summed E-state index contributed by atoms with van der Waals surface area (Å²) < 4.78 is 6.62. The minimum atomic E-state index is -0.511. The Kier molecular flexibility index (Phi) is 5.80. The fourth-order valence-electron chi connectivity index (χ4n) is 2.91. The lowest BCUT2D eigenvalue weighted by Crippen LogP contribution is -2.54. The molecule has 1 aliphatic rings. The second-order valence-electron chi connectivity index (χ2n) is 6.44. The molecule has 2 heterocycles. The highest BCUT2D eigenvalue weighted by molar-refractivity contribution is 9.10. The van der Waals surface area contributed by atoms with Gasteiger partial charge in [-0.3, -0.25) is 19.8 Å². The number of rotatable bonds is 4. The zero-order valence-electron chi connectivity index (χ0n) is 15.7. The molecule has 0 radical (unpaired) electrons. The van der Waals surface area contributed by atoms with Crippen LogP contribution in [0.15, 0.2) is 70.7 Å². The third-order valence-corrected chi connectivity index (χ3v) is 6.49. The van der Waals surface area contributed by atoms with Crippen molar-refractivity contribution in [3.8, 4) is 11.5 Å². The third kappa shape index (κ3) is 4.21. The Bertz CT molecular complexity index is 1170. The molecule has 0 unspecified atom stereocenters. The molecule has 0 spiro atoms. The standard InChI is InChI=1S/C22H15BrN2O3S2/c1-13-11-18(23)19(30-13)12-17-20(26)24-22(29)25(21(17)27)14-7-9-16(10-8-14)28-15-5-3-2-4-6-15/h2-12H,1H3,(H,24,26,29)/b17-12+. The molecular weight excluding hydrogens is 484 g/mol. The normalized spacial score (nSPS) is 15.5. The predicted molar refractivity (Wildman–Crippen MR) is 126 cm³/mol. The Hall–Kier alpha value is -2.81. The number of benzene rings is 2. The maximum absolute atomic E-state index is 13.1. The number of anilines is 1. The van der Waals surface area contributed by atoms with Gasteiger partial charge in [0.05, 0.1) is 5.69 Å². The molecular formula is C22H15BrN2O3S2. The number of para-hydroxylation sites is 1. The number of ether oxygens (including phenoxy) is 1. The number of nitrogens with one attached hydrogen (secondary N) is 1. The van der Waals surface area contributed by atoms with Gasteiger partial charge in [0.1, 0.15) is 17.1 Å². The van der Waals surface area contributed by atoms with Gasteiger partial charge < -0.3 is 4.74 Å². The van der Waals surface area contributed by atoms with E-state index in [2.05, 4.69) is 21.2 Å². The quantitative estimate of drug-likeness (QED) is 0.295. The summed E-state index contributed by atoms with van der Waals surface area (Å²) in [5.41, 5.74) is 0.563. The fourth-order valence-corrected chi connectivity index (χ4v) is 4.90.